The highest BCUT2D eigenvalue weighted by molar-refractivity contribution is 8.00. The van der Waals surface area contributed by atoms with E-state index in [0.717, 1.165) is 13.8 Å². The molecule has 94 valence electrons. The molecule has 2 atom stereocenters. The van der Waals surface area contributed by atoms with E-state index in [9.17, 15) is 13.6 Å². The van der Waals surface area contributed by atoms with Crippen LogP contribution in [0.3, 0.4) is 0 Å². The van der Waals surface area contributed by atoms with Crippen LogP contribution < -0.4 is 0 Å². The van der Waals surface area contributed by atoms with E-state index >= 15 is 0 Å². The fourth-order valence-electron chi connectivity index (χ4n) is 0.136. The molecule has 0 aliphatic carbocycles. The lowest BCUT2D eigenvalue weighted by atomic mass is 10.5. The summed E-state index contributed by atoms with van der Waals surface area (Å²) in [5, 5.41) is 0. The van der Waals surface area contributed by atoms with Crippen molar-refractivity contribution in [2.24, 2.45) is 0 Å². The Morgan fingerprint density at radius 2 is 1.53 bits per heavy atom. The predicted octanol–water partition coefficient (Wildman–Crippen LogP) is 4.05. The third-order valence-corrected chi connectivity index (χ3v) is 1.32. The van der Waals surface area contributed by atoms with Gasteiger partial charge in [0.15, 0.2) is 0 Å². The van der Waals surface area contributed by atoms with Gasteiger partial charge in [0.05, 0.1) is 6.10 Å². The zero-order chi connectivity index (χ0) is 13.1. The van der Waals surface area contributed by atoms with E-state index in [1.807, 2.05) is 13.8 Å². The first kappa shape index (κ1) is 20.7. The van der Waals surface area contributed by atoms with Gasteiger partial charge in [0, 0.05) is 8.50 Å². The average molecular weight is 262 g/mol. The van der Waals surface area contributed by atoms with Gasteiger partial charge in [-0.3, -0.25) is 0 Å². The highest BCUT2D eigenvalue weighted by atomic mass is 32.0. The Balaban J connectivity index is -0.000000147. The molecular weight excluding hydrogens is 240 g/mol. The molecule has 0 spiro atoms. The van der Waals surface area contributed by atoms with Gasteiger partial charge in [0.2, 0.25) is 5.92 Å². The van der Waals surface area contributed by atoms with E-state index in [1.165, 1.54) is 13.8 Å². The minimum absolute atomic E-state index is 0.167. The van der Waals surface area contributed by atoms with Gasteiger partial charge >= 0.3 is 0 Å². The highest BCUT2D eigenvalue weighted by Gasteiger charge is 2.08. The summed E-state index contributed by atoms with van der Waals surface area (Å²) in [5.74, 6) is -2.33. The van der Waals surface area contributed by atoms with Crippen LogP contribution in [0.5, 0.6) is 0 Å². The van der Waals surface area contributed by atoms with Gasteiger partial charge in [-0.15, -0.1) is 0 Å². The molecule has 2 unspecified atom stereocenters. The van der Waals surface area contributed by atoms with Crippen LogP contribution in [-0.4, -0.2) is 17.8 Å². The molecule has 0 aromatic heterocycles. The molecule has 0 fully saturated rings. The molecule has 0 aromatic carbocycles. The first-order valence-corrected chi connectivity index (χ1v) is 7.18. The molecule has 0 rings (SSSR count). The fraction of sp³-hybridized carbons (Fsp3) is 0.889. The Labute approximate surface area is 95.5 Å². The van der Waals surface area contributed by atoms with E-state index in [0.29, 0.717) is 14.6 Å². The number of ketones is 1. The van der Waals surface area contributed by atoms with Gasteiger partial charge in [-0.1, -0.05) is 8.93 Å². The number of alkyl halides is 2. The Kier molecular flexibility index (Phi) is 17.2. The van der Waals surface area contributed by atoms with Crippen molar-refractivity contribution in [3.8, 4) is 0 Å². The largest absolute Gasteiger partial charge is 0.356 e. The predicted molar refractivity (Wildman–Crippen MR) is 66.9 cm³/mol. The van der Waals surface area contributed by atoms with E-state index in [-0.39, 0.29) is 5.78 Å². The summed E-state index contributed by atoms with van der Waals surface area (Å²) in [5.41, 5.74) is 0. The first-order valence-electron chi connectivity index (χ1n) is 4.47. The number of rotatable bonds is 2. The van der Waals surface area contributed by atoms with Crippen molar-refractivity contribution in [3.63, 3.8) is 0 Å². The van der Waals surface area contributed by atoms with E-state index in [4.69, 9.17) is 4.52 Å². The summed E-state index contributed by atoms with van der Waals surface area (Å²) in [6.45, 7) is 8.81. The molecule has 6 heteroatoms. The van der Waals surface area contributed by atoms with Crippen LogP contribution in [0.15, 0.2) is 0 Å². The van der Waals surface area contributed by atoms with E-state index in [1.54, 1.807) is 0 Å². The van der Waals surface area contributed by atoms with Crippen LogP contribution >= 0.6 is 17.4 Å². The van der Waals surface area contributed by atoms with E-state index in [2.05, 4.69) is 8.93 Å². The third kappa shape index (κ3) is 195. The Hall–Kier alpha value is 0.350. The molecule has 0 aliphatic heterocycles. The monoisotopic (exact) mass is 262 g/mol. The Morgan fingerprint density at radius 1 is 1.33 bits per heavy atom. The van der Waals surface area contributed by atoms with Crippen LogP contribution in [0.25, 0.3) is 0 Å². The molecule has 0 aliphatic rings. The summed E-state index contributed by atoms with van der Waals surface area (Å²) in [4.78, 5) is 9.44. The molecule has 0 bridgehead atoms. The van der Waals surface area contributed by atoms with Gasteiger partial charge in [-0.2, -0.15) is 0 Å². The van der Waals surface area contributed by atoms with E-state index < -0.39 is 5.92 Å². The number of hydrogen-bond donors (Lipinski definition) is 0. The second-order valence-corrected chi connectivity index (χ2v) is 4.70. The number of carbonyl (C=O) groups excluding carboxylic acids is 1. The topological polar surface area (TPSA) is 26.3 Å². The van der Waals surface area contributed by atoms with Gasteiger partial charge in [0.25, 0.3) is 0 Å². The number of carbonyl (C=O) groups is 1. The summed E-state index contributed by atoms with van der Waals surface area (Å²) in [6, 6.07) is 0. The lowest BCUT2D eigenvalue weighted by molar-refractivity contribution is -0.115. The van der Waals surface area contributed by atoms with Crippen molar-refractivity contribution in [2.45, 2.75) is 53.6 Å². The highest BCUT2D eigenvalue weighted by Crippen LogP contribution is 2.22. The van der Waals surface area contributed by atoms with Crippen molar-refractivity contribution in [2.75, 3.05) is 0 Å². The van der Waals surface area contributed by atoms with Crippen LogP contribution in [-0.2, 0) is 9.32 Å². The maximum Gasteiger partial charge on any atom is 0.242 e. The van der Waals surface area contributed by atoms with Crippen molar-refractivity contribution in [3.05, 3.63) is 0 Å². The molecule has 0 heterocycles. The molecule has 2 nitrogen and oxygen atoms in total. The Morgan fingerprint density at radius 3 is 1.53 bits per heavy atom. The van der Waals surface area contributed by atoms with Crippen molar-refractivity contribution in [1.29, 1.82) is 0 Å². The Bertz CT molecular complexity index is 138. The standard InChI is InChI=1S/C3H6F2.C3H10OP2.C3H6O/c1-3(2,4)5;1-3(2)4-6-5;1-3(2)4/h1-2H3;3,6H,5H2,1-2H3;1-2H3. The SMILES string of the molecule is CC(C)(F)F.CC(C)=O.CC(C)OPP. The number of Topliss-reactive ketones (excluding diaryl/α,β-unsaturated/α-hetero) is 1. The molecule has 15 heavy (non-hydrogen) atoms. The van der Waals surface area contributed by atoms with Gasteiger partial charge < -0.3 is 9.32 Å². The summed E-state index contributed by atoms with van der Waals surface area (Å²) in [7, 11) is 3.08. The van der Waals surface area contributed by atoms with Crippen LogP contribution in [0.1, 0.15) is 41.5 Å². The number of hydrogen-bond acceptors (Lipinski definition) is 2. The van der Waals surface area contributed by atoms with Gasteiger partial charge in [0.1, 0.15) is 5.78 Å². The normalized spacial score (nSPS) is 10.5. The zero-order valence-electron chi connectivity index (χ0n) is 10.2. The molecule has 0 radical (unpaired) electrons. The maximum atomic E-state index is 11.0. The van der Waals surface area contributed by atoms with Crippen LogP contribution in [0.2, 0.25) is 0 Å². The van der Waals surface area contributed by atoms with Gasteiger partial charge in [-0.05, 0) is 41.5 Å². The molecule has 0 saturated carbocycles. The maximum absolute atomic E-state index is 11.0. The summed E-state index contributed by atoms with van der Waals surface area (Å²) < 4.78 is 27.1. The minimum Gasteiger partial charge on any atom is -0.356 e. The molecule has 0 saturated heterocycles. The molecule has 0 N–H and O–H groups in total. The summed E-state index contributed by atoms with van der Waals surface area (Å²) >= 11 is 0. The lowest BCUT2D eigenvalue weighted by Crippen LogP contribution is -1.98. The first-order chi connectivity index (χ1) is 6.50. The van der Waals surface area contributed by atoms with Crippen molar-refractivity contribution in [1.82, 2.24) is 0 Å². The minimum atomic E-state index is -2.50. The second kappa shape index (κ2) is 12.4. The zero-order valence-corrected chi connectivity index (χ0v) is 12.4. The number of halogens is 2. The molecule has 0 amide bonds. The fourth-order valence-corrected chi connectivity index (χ4v) is 1.22. The average Bonchev–Trinajstić information content (AvgIpc) is 1.79. The van der Waals surface area contributed by atoms with Crippen molar-refractivity contribution >= 4 is 23.2 Å². The third-order valence-electron chi connectivity index (χ3n) is 0.304. The summed E-state index contributed by atoms with van der Waals surface area (Å²) in [6.07, 6.45) is 0.390. The lowest BCUT2D eigenvalue weighted by Gasteiger charge is -1.99. The smallest absolute Gasteiger partial charge is 0.242 e. The van der Waals surface area contributed by atoms with Crippen LogP contribution in [0, 0.1) is 0 Å². The van der Waals surface area contributed by atoms with Crippen molar-refractivity contribution < 1.29 is 18.1 Å². The second-order valence-electron chi connectivity index (χ2n) is 3.52. The molecule has 0 aromatic rings. The van der Waals surface area contributed by atoms with Crippen LogP contribution in [0.4, 0.5) is 8.78 Å². The quantitative estimate of drug-likeness (QED) is 0.702. The van der Waals surface area contributed by atoms with Gasteiger partial charge in [-0.25, -0.2) is 8.78 Å². The molecular formula is C9H22F2O2P2.